The van der Waals surface area contributed by atoms with Crippen LogP contribution in [0.25, 0.3) is 11.4 Å². The Kier molecular flexibility index (Phi) is 6.04. The monoisotopic (exact) mass is 422 g/mol. The van der Waals surface area contributed by atoms with Gasteiger partial charge < -0.3 is 10.6 Å². The third kappa shape index (κ3) is 4.65. The molecule has 1 saturated heterocycles. The number of thioether (sulfide) groups is 1. The lowest BCUT2D eigenvalue weighted by molar-refractivity contribution is -0.126. The van der Waals surface area contributed by atoms with Crippen LogP contribution in [0.4, 0.5) is 10.1 Å². The summed E-state index contributed by atoms with van der Waals surface area (Å²) < 4.78 is 13.8. The molecular formula is C22H19FN4O2S. The van der Waals surface area contributed by atoms with Gasteiger partial charge in [0, 0.05) is 11.3 Å². The second-order valence-corrected chi connectivity index (χ2v) is 8.07. The van der Waals surface area contributed by atoms with Crippen molar-refractivity contribution in [2.45, 2.75) is 17.7 Å². The maximum Gasteiger partial charge on any atom is 0.247 e. The van der Waals surface area contributed by atoms with Gasteiger partial charge in [-0.3, -0.25) is 9.59 Å². The van der Waals surface area contributed by atoms with Gasteiger partial charge in [0.15, 0.2) is 5.82 Å². The van der Waals surface area contributed by atoms with Crippen LogP contribution in [0.1, 0.15) is 5.56 Å². The van der Waals surface area contributed by atoms with Crippen molar-refractivity contribution < 1.29 is 14.0 Å². The number of aromatic nitrogens is 2. The Hall–Kier alpha value is -3.26. The van der Waals surface area contributed by atoms with Crippen molar-refractivity contribution in [2.75, 3.05) is 11.1 Å². The van der Waals surface area contributed by atoms with Crippen LogP contribution in [0.3, 0.4) is 0 Å². The highest BCUT2D eigenvalue weighted by atomic mass is 32.2. The summed E-state index contributed by atoms with van der Waals surface area (Å²) in [5, 5.41) is 5.03. The molecule has 1 aliphatic heterocycles. The minimum Gasteiger partial charge on any atom is -0.343 e. The normalized spacial score (nSPS) is 18.5. The predicted molar refractivity (Wildman–Crippen MR) is 114 cm³/mol. The van der Waals surface area contributed by atoms with Crippen molar-refractivity contribution >= 4 is 29.3 Å². The number of nitrogens with one attached hydrogen (secondary N) is 2. The molecule has 8 heteroatoms. The number of benzene rings is 2. The molecule has 2 heterocycles. The van der Waals surface area contributed by atoms with E-state index in [1.165, 1.54) is 30.2 Å². The van der Waals surface area contributed by atoms with E-state index in [0.717, 1.165) is 5.56 Å². The SMILES string of the molecule is O=C(Nc1cnc(-c2ccccc2)nc1)[C@@H]1CS[C@H](Cc2ccccc2F)C(=O)N1. The topological polar surface area (TPSA) is 84.0 Å². The van der Waals surface area contributed by atoms with Crippen LogP contribution >= 0.6 is 11.8 Å². The first-order valence-electron chi connectivity index (χ1n) is 9.44. The van der Waals surface area contributed by atoms with E-state index in [0.29, 0.717) is 22.8 Å². The molecule has 3 aromatic rings. The number of hydrogen-bond donors (Lipinski definition) is 2. The van der Waals surface area contributed by atoms with Gasteiger partial charge in [-0.1, -0.05) is 48.5 Å². The van der Waals surface area contributed by atoms with Crippen molar-refractivity contribution in [3.05, 3.63) is 78.4 Å². The van der Waals surface area contributed by atoms with Crippen molar-refractivity contribution in [3.8, 4) is 11.4 Å². The van der Waals surface area contributed by atoms with Gasteiger partial charge in [0.25, 0.3) is 0 Å². The Bertz CT molecular complexity index is 1050. The Morgan fingerprint density at radius 2 is 1.80 bits per heavy atom. The average Bonchev–Trinajstić information content (AvgIpc) is 2.77. The second kappa shape index (κ2) is 9.04. The van der Waals surface area contributed by atoms with E-state index in [2.05, 4.69) is 20.6 Å². The maximum atomic E-state index is 13.8. The molecule has 152 valence electrons. The molecule has 2 amide bonds. The van der Waals surface area contributed by atoms with E-state index in [1.807, 2.05) is 30.3 Å². The number of carbonyl (C=O) groups excluding carboxylic acids is 2. The van der Waals surface area contributed by atoms with Gasteiger partial charge in [-0.25, -0.2) is 14.4 Å². The zero-order valence-electron chi connectivity index (χ0n) is 15.9. The fourth-order valence-electron chi connectivity index (χ4n) is 3.11. The number of rotatable bonds is 5. The minimum atomic E-state index is -0.673. The Morgan fingerprint density at radius 3 is 2.50 bits per heavy atom. The zero-order chi connectivity index (χ0) is 20.9. The lowest BCUT2D eigenvalue weighted by Crippen LogP contribution is -2.52. The number of halogens is 1. The van der Waals surface area contributed by atoms with Gasteiger partial charge in [-0.15, -0.1) is 11.8 Å². The van der Waals surface area contributed by atoms with Gasteiger partial charge in [-0.2, -0.15) is 0 Å². The molecule has 2 aromatic carbocycles. The highest BCUT2D eigenvalue weighted by molar-refractivity contribution is 8.00. The van der Waals surface area contributed by atoms with Crippen LogP contribution in [0.15, 0.2) is 67.0 Å². The van der Waals surface area contributed by atoms with E-state index in [4.69, 9.17) is 0 Å². The van der Waals surface area contributed by atoms with E-state index in [-0.39, 0.29) is 24.1 Å². The summed E-state index contributed by atoms with van der Waals surface area (Å²) in [5.74, 6) is 0.0250. The molecule has 2 atom stereocenters. The van der Waals surface area contributed by atoms with Gasteiger partial charge >= 0.3 is 0 Å². The first-order chi connectivity index (χ1) is 14.6. The van der Waals surface area contributed by atoms with Crippen LogP contribution in [0.5, 0.6) is 0 Å². The summed E-state index contributed by atoms with van der Waals surface area (Å²) in [5.41, 5.74) is 1.82. The lowest BCUT2D eigenvalue weighted by Gasteiger charge is -2.28. The quantitative estimate of drug-likeness (QED) is 0.660. The van der Waals surface area contributed by atoms with Gasteiger partial charge in [0.1, 0.15) is 11.9 Å². The molecule has 0 bridgehead atoms. The van der Waals surface area contributed by atoms with Crippen molar-refractivity contribution in [1.82, 2.24) is 15.3 Å². The number of hydrogen-bond acceptors (Lipinski definition) is 5. The molecule has 0 radical (unpaired) electrons. The fraction of sp³-hybridized carbons (Fsp3) is 0.182. The third-order valence-electron chi connectivity index (χ3n) is 4.70. The number of nitrogens with zero attached hydrogens (tertiary/aromatic N) is 2. The molecule has 2 N–H and O–H groups in total. The van der Waals surface area contributed by atoms with Gasteiger partial charge in [0.2, 0.25) is 11.8 Å². The van der Waals surface area contributed by atoms with Crippen LogP contribution in [-0.2, 0) is 16.0 Å². The van der Waals surface area contributed by atoms with Crippen LogP contribution in [0.2, 0.25) is 0 Å². The molecule has 1 fully saturated rings. The molecule has 0 spiro atoms. The smallest absolute Gasteiger partial charge is 0.247 e. The average molecular weight is 422 g/mol. The van der Waals surface area contributed by atoms with E-state index in [9.17, 15) is 14.0 Å². The molecule has 4 rings (SSSR count). The zero-order valence-corrected chi connectivity index (χ0v) is 16.7. The third-order valence-corrected chi connectivity index (χ3v) is 6.01. The summed E-state index contributed by atoms with van der Waals surface area (Å²) >= 11 is 1.35. The number of carbonyl (C=O) groups is 2. The first kappa shape index (κ1) is 20.0. The summed E-state index contributed by atoms with van der Waals surface area (Å²) in [7, 11) is 0. The lowest BCUT2D eigenvalue weighted by atomic mass is 10.1. The minimum absolute atomic E-state index is 0.273. The van der Waals surface area contributed by atoms with E-state index in [1.54, 1.807) is 18.2 Å². The molecular weight excluding hydrogens is 403 g/mol. The standard InChI is InChI=1S/C22H19FN4O2S/c23-17-9-5-4-8-15(17)10-19-22(29)27-18(13-30-19)21(28)26-16-11-24-20(25-12-16)14-6-2-1-3-7-14/h1-9,11-12,18-19H,10,13H2,(H,26,28)(H,27,29)/t18-,19+/m0/s1. The molecule has 30 heavy (non-hydrogen) atoms. The summed E-state index contributed by atoms with van der Waals surface area (Å²) in [6.45, 7) is 0. The highest BCUT2D eigenvalue weighted by Crippen LogP contribution is 2.24. The summed E-state index contributed by atoms with van der Waals surface area (Å²) in [6, 6.07) is 15.2. The molecule has 1 aliphatic rings. The summed E-state index contributed by atoms with van der Waals surface area (Å²) in [4.78, 5) is 33.5. The molecule has 0 unspecified atom stereocenters. The number of anilines is 1. The Balaban J connectivity index is 1.34. The van der Waals surface area contributed by atoms with Crippen molar-refractivity contribution in [3.63, 3.8) is 0 Å². The molecule has 6 nitrogen and oxygen atoms in total. The van der Waals surface area contributed by atoms with Gasteiger partial charge in [0.05, 0.1) is 23.3 Å². The second-order valence-electron chi connectivity index (χ2n) is 6.83. The van der Waals surface area contributed by atoms with Crippen LogP contribution in [-0.4, -0.2) is 38.8 Å². The fourth-order valence-corrected chi connectivity index (χ4v) is 4.29. The van der Waals surface area contributed by atoms with E-state index < -0.39 is 11.3 Å². The predicted octanol–water partition coefficient (Wildman–Crippen LogP) is 3.06. The molecule has 1 aromatic heterocycles. The van der Waals surface area contributed by atoms with Crippen molar-refractivity contribution in [1.29, 1.82) is 0 Å². The van der Waals surface area contributed by atoms with Crippen LogP contribution in [0, 0.1) is 5.82 Å². The first-order valence-corrected chi connectivity index (χ1v) is 10.5. The largest absolute Gasteiger partial charge is 0.343 e. The summed E-state index contributed by atoms with van der Waals surface area (Å²) in [6.07, 6.45) is 3.35. The molecule has 0 aliphatic carbocycles. The highest BCUT2D eigenvalue weighted by Gasteiger charge is 2.32. The molecule has 0 saturated carbocycles. The van der Waals surface area contributed by atoms with Crippen LogP contribution < -0.4 is 10.6 Å². The number of amides is 2. The van der Waals surface area contributed by atoms with Gasteiger partial charge in [-0.05, 0) is 18.1 Å². The van der Waals surface area contributed by atoms with E-state index >= 15 is 0 Å². The Labute approximate surface area is 177 Å². The van der Waals surface area contributed by atoms with Crippen molar-refractivity contribution in [2.24, 2.45) is 0 Å². The maximum absolute atomic E-state index is 13.8. The Morgan fingerprint density at radius 1 is 1.10 bits per heavy atom.